The molecule has 2 aliphatic rings. The van der Waals surface area contributed by atoms with Crippen LogP contribution in [0.3, 0.4) is 0 Å². The van der Waals surface area contributed by atoms with Crippen LogP contribution in [0.4, 0.5) is 0 Å². The third kappa shape index (κ3) is 5.53. The van der Waals surface area contributed by atoms with Crippen molar-refractivity contribution >= 4 is 63.2 Å². The number of halogens is 1. The van der Waals surface area contributed by atoms with Gasteiger partial charge in [0, 0.05) is 87.1 Å². The molecule has 8 heterocycles. The highest BCUT2D eigenvalue weighted by Gasteiger charge is 2.19. The molecule has 51 heavy (non-hydrogen) atoms. The summed E-state index contributed by atoms with van der Waals surface area (Å²) in [6.45, 7) is 0. The number of carbonyl (C=O) groups excluding carboxylic acids is 1. The van der Waals surface area contributed by atoms with Gasteiger partial charge in [0.25, 0.3) is 5.24 Å². The second kappa shape index (κ2) is 12.6. The molecule has 0 radical (unpaired) electrons. The first-order valence-electron chi connectivity index (χ1n) is 16.3. The first-order chi connectivity index (χ1) is 25.1. The van der Waals surface area contributed by atoms with E-state index in [4.69, 9.17) is 21.6 Å². The molecule has 2 aliphatic heterocycles. The predicted molar refractivity (Wildman–Crippen MR) is 204 cm³/mol. The number of nitrogens with zero attached hydrogens (tertiary/aromatic N) is 5. The number of aromatic amines is 2. The summed E-state index contributed by atoms with van der Waals surface area (Å²) in [4.78, 5) is 42.8. The van der Waals surface area contributed by atoms with Crippen molar-refractivity contribution in [1.82, 2.24) is 34.9 Å². The molecule has 8 nitrogen and oxygen atoms in total. The van der Waals surface area contributed by atoms with E-state index in [2.05, 4.69) is 61.3 Å². The Morgan fingerprint density at radius 1 is 0.412 bits per heavy atom. The fourth-order valence-electron chi connectivity index (χ4n) is 6.74. The van der Waals surface area contributed by atoms with Crippen LogP contribution in [-0.2, 0) is 0 Å². The van der Waals surface area contributed by atoms with Crippen molar-refractivity contribution < 1.29 is 4.79 Å². The average Bonchev–Trinajstić information content (AvgIpc) is 4.01. The Morgan fingerprint density at radius 3 is 1.00 bits per heavy atom. The van der Waals surface area contributed by atoms with E-state index in [1.807, 2.05) is 60.7 Å². The maximum Gasteiger partial charge on any atom is 0.252 e. The molecular weight excluding hydrogens is 654 g/mol. The Hall–Kier alpha value is -6.77. The lowest BCUT2D eigenvalue weighted by Crippen LogP contribution is -1.91. The van der Waals surface area contributed by atoms with Gasteiger partial charge in [-0.2, -0.15) is 0 Å². The largest absolute Gasteiger partial charge is 0.354 e. The van der Waals surface area contributed by atoms with Crippen LogP contribution < -0.4 is 0 Å². The van der Waals surface area contributed by atoms with Crippen molar-refractivity contribution in [3.05, 3.63) is 150 Å². The molecule has 9 rings (SSSR count). The molecule has 0 saturated carbocycles. The lowest BCUT2D eigenvalue weighted by Gasteiger charge is -2.07. The monoisotopic (exact) mass is 679 g/mol. The molecule has 1 aromatic carbocycles. The van der Waals surface area contributed by atoms with Crippen molar-refractivity contribution in [3.8, 4) is 44.5 Å². The van der Waals surface area contributed by atoms with Crippen LogP contribution in [-0.4, -0.2) is 40.1 Å². The van der Waals surface area contributed by atoms with Crippen molar-refractivity contribution in [1.29, 1.82) is 0 Å². The molecule has 6 aromatic heterocycles. The summed E-state index contributed by atoms with van der Waals surface area (Å²) >= 11 is 5.83. The Morgan fingerprint density at radius 2 is 0.706 bits per heavy atom. The molecule has 9 heteroatoms. The van der Waals surface area contributed by atoms with Crippen LogP contribution in [0.2, 0.25) is 0 Å². The highest BCUT2D eigenvalue weighted by molar-refractivity contribution is 6.67. The van der Waals surface area contributed by atoms with E-state index in [0.29, 0.717) is 5.56 Å². The van der Waals surface area contributed by atoms with E-state index in [0.717, 1.165) is 89.4 Å². The van der Waals surface area contributed by atoms with E-state index in [1.54, 1.807) is 49.3 Å². The zero-order valence-corrected chi connectivity index (χ0v) is 27.6. The van der Waals surface area contributed by atoms with Gasteiger partial charge in [-0.3, -0.25) is 19.7 Å². The summed E-state index contributed by atoms with van der Waals surface area (Å²) in [6.07, 6.45) is 18.9. The number of carbonyl (C=O) groups is 1. The van der Waals surface area contributed by atoms with Gasteiger partial charge in [-0.15, -0.1) is 0 Å². The van der Waals surface area contributed by atoms with Gasteiger partial charge >= 0.3 is 0 Å². The molecule has 242 valence electrons. The molecule has 0 fully saturated rings. The summed E-state index contributed by atoms with van der Waals surface area (Å²) in [5.74, 6) is 0. The number of aromatic nitrogens is 7. The number of rotatable bonds is 5. The minimum Gasteiger partial charge on any atom is -0.354 e. The predicted octanol–water partition coefficient (Wildman–Crippen LogP) is 9.89. The first kappa shape index (κ1) is 30.3. The maximum atomic E-state index is 12.0. The third-order valence-corrected chi connectivity index (χ3v) is 9.28. The fraction of sp³-hybridized carbons (Fsp3) is 0. The molecule has 0 aliphatic carbocycles. The van der Waals surface area contributed by atoms with Gasteiger partial charge < -0.3 is 9.97 Å². The standard InChI is InChI=1S/C42H26ClN7O/c43-42(51)29-3-1-25(2-4-29)38-30-5-7-32(47-30)39(26-13-19-44-20-14-26)34-9-11-36(49-34)41(28-17-23-46-24-18-28)37-12-10-35(50-37)40(27-15-21-45-22-16-27)33-8-6-31(38)48-33/h1-24,47,50H. The van der Waals surface area contributed by atoms with Crippen LogP contribution in [0.1, 0.15) is 33.1 Å². The molecular formula is C42H26ClN7O. The number of H-pyrrole nitrogens is 2. The van der Waals surface area contributed by atoms with Gasteiger partial charge in [0.15, 0.2) is 0 Å². The lowest BCUT2D eigenvalue weighted by molar-refractivity contribution is 0.108. The van der Waals surface area contributed by atoms with Crippen molar-refractivity contribution in [2.45, 2.75) is 0 Å². The van der Waals surface area contributed by atoms with Gasteiger partial charge in [-0.1, -0.05) is 12.1 Å². The quantitative estimate of drug-likeness (QED) is 0.175. The first-order valence-corrected chi connectivity index (χ1v) is 16.7. The molecule has 7 aromatic rings. The highest BCUT2D eigenvalue weighted by atomic mass is 35.5. The van der Waals surface area contributed by atoms with Gasteiger partial charge in [-0.05, 0) is 131 Å². The Bertz CT molecular complexity index is 2660. The molecule has 0 spiro atoms. The maximum absolute atomic E-state index is 12.0. The zero-order chi connectivity index (χ0) is 34.3. The van der Waals surface area contributed by atoms with Gasteiger partial charge in [-0.25, -0.2) is 9.97 Å². The minimum absolute atomic E-state index is 0.419. The topological polar surface area (TPSA) is 113 Å². The summed E-state index contributed by atoms with van der Waals surface area (Å²) in [5, 5.41) is -0.509. The van der Waals surface area contributed by atoms with Crippen molar-refractivity contribution in [3.63, 3.8) is 0 Å². The van der Waals surface area contributed by atoms with E-state index < -0.39 is 5.24 Å². The van der Waals surface area contributed by atoms with Crippen LogP contribution in [0, 0.1) is 0 Å². The number of benzene rings is 1. The van der Waals surface area contributed by atoms with E-state index in [1.165, 1.54) is 0 Å². The number of hydrogen-bond donors (Lipinski definition) is 2. The molecule has 0 atom stereocenters. The number of pyridine rings is 3. The Labute approximate surface area is 297 Å². The Balaban J connectivity index is 1.46. The van der Waals surface area contributed by atoms with Crippen LogP contribution >= 0.6 is 11.6 Å². The summed E-state index contributed by atoms with van der Waals surface area (Å²) < 4.78 is 0. The molecule has 8 bridgehead atoms. The fourth-order valence-corrected chi connectivity index (χ4v) is 6.87. The smallest absolute Gasteiger partial charge is 0.252 e. The minimum atomic E-state index is -0.509. The molecule has 0 saturated heterocycles. The third-order valence-electron chi connectivity index (χ3n) is 9.06. The van der Waals surface area contributed by atoms with E-state index in [9.17, 15) is 4.79 Å². The number of hydrogen-bond acceptors (Lipinski definition) is 6. The summed E-state index contributed by atoms with van der Waals surface area (Å²) in [6, 6.07) is 27.5. The normalized spacial score (nSPS) is 11.9. The van der Waals surface area contributed by atoms with Gasteiger partial charge in [0.05, 0.1) is 22.8 Å². The van der Waals surface area contributed by atoms with Crippen LogP contribution in [0.15, 0.2) is 122 Å². The number of fused-ring (bicyclic) bond motifs is 8. The van der Waals surface area contributed by atoms with Crippen LogP contribution in [0.5, 0.6) is 0 Å². The SMILES string of the molecule is O=C(Cl)c1ccc(-c2c3nc(c(-c4ccncc4)c4ccc([nH]4)c(-c4ccncc4)c4nc(c(-c5ccncc5)c5ccc2[nH]5)C=C4)C=C3)cc1. The van der Waals surface area contributed by atoms with Crippen molar-refractivity contribution in [2.24, 2.45) is 0 Å². The average molecular weight is 680 g/mol. The van der Waals surface area contributed by atoms with E-state index >= 15 is 0 Å². The van der Waals surface area contributed by atoms with Gasteiger partial charge in [0.2, 0.25) is 0 Å². The second-order valence-electron chi connectivity index (χ2n) is 12.1. The summed E-state index contributed by atoms with van der Waals surface area (Å²) in [5.41, 5.74) is 14.6. The van der Waals surface area contributed by atoms with Crippen molar-refractivity contribution in [2.75, 3.05) is 0 Å². The Kier molecular flexibility index (Phi) is 7.48. The zero-order valence-electron chi connectivity index (χ0n) is 26.9. The van der Waals surface area contributed by atoms with Crippen LogP contribution in [0.25, 0.3) is 90.9 Å². The molecule has 0 amide bonds. The second-order valence-corrected chi connectivity index (χ2v) is 12.4. The number of nitrogens with one attached hydrogen (secondary N) is 2. The highest BCUT2D eigenvalue weighted by Crippen LogP contribution is 2.38. The molecule has 2 N–H and O–H groups in total. The van der Waals surface area contributed by atoms with Gasteiger partial charge in [0.1, 0.15) is 0 Å². The summed E-state index contributed by atoms with van der Waals surface area (Å²) in [7, 11) is 0. The molecule has 0 unspecified atom stereocenters. The lowest BCUT2D eigenvalue weighted by atomic mass is 10.0. The van der Waals surface area contributed by atoms with E-state index in [-0.39, 0.29) is 0 Å².